The average Bonchev–Trinajstić information content (AvgIpc) is 2.29. The molecule has 0 aromatic heterocycles. The molecule has 0 amide bonds. The van der Waals surface area contributed by atoms with Gasteiger partial charge in [0.25, 0.3) is 0 Å². The summed E-state index contributed by atoms with van der Waals surface area (Å²) in [6.07, 6.45) is 2.28. The highest BCUT2D eigenvalue weighted by Crippen LogP contribution is 2.20. The monoisotopic (exact) mass is 199 g/mol. The van der Waals surface area contributed by atoms with E-state index in [0.29, 0.717) is 0 Å². The minimum absolute atomic E-state index is 0.804. The van der Waals surface area contributed by atoms with Crippen LogP contribution in [0, 0.1) is 6.07 Å². The van der Waals surface area contributed by atoms with Crippen LogP contribution in [0.5, 0.6) is 5.75 Å². The van der Waals surface area contributed by atoms with E-state index in [2.05, 4.69) is 31.2 Å². The van der Waals surface area contributed by atoms with Gasteiger partial charge in [-0.2, -0.15) is 0 Å². The molecule has 2 rings (SSSR count). The second kappa shape index (κ2) is 4.83. The zero-order chi connectivity index (χ0) is 10.5. The summed E-state index contributed by atoms with van der Waals surface area (Å²) in [5, 5.41) is 2.42. The van der Waals surface area contributed by atoms with Gasteiger partial charge in [0.1, 0.15) is 5.75 Å². The van der Waals surface area contributed by atoms with Crippen LogP contribution in [0.25, 0.3) is 10.8 Å². The van der Waals surface area contributed by atoms with Gasteiger partial charge in [-0.25, -0.2) is 0 Å². The predicted octanol–water partition coefficient (Wildman–Crippen LogP) is 3.82. The smallest absolute Gasteiger partial charge is 0.119 e. The minimum Gasteiger partial charge on any atom is -0.494 e. The van der Waals surface area contributed by atoms with Crippen LogP contribution in [-0.4, -0.2) is 6.61 Å². The first-order valence-electron chi connectivity index (χ1n) is 5.43. The lowest BCUT2D eigenvalue weighted by atomic mass is 10.1. The van der Waals surface area contributed by atoms with Crippen molar-refractivity contribution in [3.05, 3.63) is 42.5 Å². The summed E-state index contributed by atoms with van der Waals surface area (Å²) in [5.74, 6) is 0.954. The molecule has 0 atom stereocenters. The summed E-state index contributed by atoms with van der Waals surface area (Å²) < 4.78 is 5.64. The molecule has 0 saturated heterocycles. The van der Waals surface area contributed by atoms with Crippen molar-refractivity contribution in [1.29, 1.82) is 0 Å². The van der Waals surface area contributed by atoms with Crippen molar-refractivity contribution < 1.29 is 4.74 Å². The molecular formula is C14H15O. The van der Waals surface area contributed by atoms with Crippen molar-refractivity contribution in [3.8, 4) is 5.75 Å². The van der Waals surface area contributed by atoms with E-state index in [0.717, 1.165) is 18.8 Å². The van der Waals surface area contributed by atoms with Gasteiger partial charge in [0.2, 0.25) is 0 Å². The molecule has 0 unspecified atom stereocenters. The van der Waals surface area contributed by atoms with E-state index in [9.17, 15) is 0 Å². The quantitative estimate of drug-likeness (QED) is 0.680. The van der Waals surface area contributed by atoms with Gasteiger partial charge in [0, 0.05) is 0 Å². The fraction of sp³-hybridized carbons (Fsp3) is 0.286. The van der Waals surface area contributed by atoms with Gasteiger partial charge in [-0.05, 0) is 41.5 Å². The molecule has 1 radical (unpaired) electrons. The standard InChI is InChI=1S/C14H15O/c1-2-3-10-15-14-9-8-12-6-4-5-7-13(12)11-14/h4,6-9,11H,2-3,10H2,1H3. The van der Waals surface area contributed by atoms with Crippen LogP contribution in [0.2, 0.25) is 0 Å². The maximum Gasteiger partial charge on any atom is 0.119 e. The highest BCUT2D eigenvalue weighted by molar-refractivity contribution is 5.83. The SMILES string of the molecule is CCCCOc1ccc2cc[c]cc2c1. The lowest BCUT2D eigenvalue weighted by Gasteiger charge is -2.06. The Bertz CT molecular complexity index is 434. The van der Waals surface area contributed by atoms with Crippen LogP contribution in [0.15, 0.2) is 36.4 Å². The van der Waals surface area contributed by atoms with E-state index in [-0.39, 0.29) is 0 Å². The summed E-state index contributed by atoms with van der Waals surface area (Å²) in [7, 11) is 0. The van der Waals surface area contributed by atoms with Gasteiger partial charge >= 0.3 is 0 Å². The zero-order valence-electron chi connectivity index (χ0n) is 8.99. The van der Waals surface area contributed by atoms with Crippen LogP contribution in [-0.2, 0) is 0 Å². The van der Waals surface area contributed by atoms with Gasteiger partial charge in [-0.15, -0.1) is 0 Å². The Morgan fingerprint density at radius 2 is 2.13 bits per heavy atom. The Hall–Kier alpha value is -1.50. The molecule has 0 N–H and O–H groups in total. The molecular weight excluding hydrogens is 184 g/mol. The molecule has 15 heavy (non-hydrogen) atoms. The molecule has 1 heteroatoms. The molecule has 2 aromatic rings. The predicted molar refractivity (Wildman–Crippen MR) is 63.2 cm³/mol. The molecule has 0 spiro atoms. The number of ether oxygens (including phenoxy) is 1. The number of rotatable bonds is 4. The van der Waals surface area contributed by atoms with Gasteiger partial charge in [0.05, 0.1) is 6.61 Å². The van der Waals surface area contributed by atoms with Crippen molar-refractivity contribution in [2.75, 3.05) is 6.61 Å². The molecule has 0 bridgehead atoms. The molecule has 77 valence electrons. The van der Waals surface area contributed by atoms with E-state index in [4.69, 9.17) is 4.74 Å². The summed E-state index contributed by atoms with van der Waals surface area (Å²) in [6.45, 7) is 2.97. The third kappa shape index (κ3) is 2.50. The molecule has 0 aliphatic carbocycles. The van der Waals surface area contributed by atoms with E-state index in [1.807, 2.05) is 18.2 Å². The Balaban J connectivity index is 2.16. The molecule has 0 fully saturated rings. The van der Waals surface area contributed by atoms with Crippen LogP contribution < -0.4 is 4.74 Å². The summed E-state index contributed by atoms with van der Waals surface area (Å²) in [6, 6.07) is 15.2. The van der Waals surface area contributed by atoms with Crippen LogP contribution in [0.4, 0.5) is 0 Å². The molecule has 0 aliphatic rings. The van der Waals surface area contributed by atoms with Crippen molar-refractivity contribution in [2.45, 2.75) is 19.8 Å². The van der Waals surface area contributed by atoms with Gasteiger partial charge < -0.3 is 4.74 Å². The summed E-state index contributed by atoms with van der Waals surface area (Å²) >= 11 is 0. The highest BCUT2D eigenvalue weighted by Gasteiger charge is 1.96. The number of unbranched alkanes of at least 4 members (excludes halogenated alkanes) is 1. The third-order valence-corrected chi connectivity index (χ3v) is 2.42. The van der Waals surface area contributed by atoms with Crippen molar-refractivity contribution in [1.82, 2.24) is 0 Å². The lowest BCUT2D eigenvalue weighted by Crippen LogP contribution is -1.95. The molecule has 0 heterocycles. The highest BCUT2D eigenvalue weighted by atomic mass is 16.5. The normalized spacial score (nSPS) is 10.5. The zero-order valence-corrected chi connectivity index (χ0v) is 8.99. The average molecular weight is 199 g/mol. The van der Waals surface area contributed by atoms with E-state index >= 15 is 0 Å². The first kappa shape index (κ1) is 10.0. The number of hydrogen-bond acceptors (Lipinski definition) is 1. The Kier molecular flexibility index (Phi) is 3.23. The summed E-state index contributed by atoms with van der Waals surface area (Å²) in [4.78, 5) is 0. The van der Waals surface area contributed by atoms with Crippen LogP contribution >= 0.6 is 0 Å². The van der Waals surface area contributed by atoms with E-state index in [1.54, 1.807) is 0 Å². The summed E-state index contributed by atoms with van der Waals surface area (Å²) in [5.41, 5.74) is 0. The van der Waals surface area contributed by atoms with Crippen LogP contribution in [0.3, 0.4) is 0 Å². The minimum atomic E-state index is 0.804. The number of fused-ring (bicyclic) bond motifs is 1. The fourth-order valence-corrected chi connectivity index (χ4v) is 1.53. The first-order valence-corrected chi connectivity index (χ1v) is 5.43. The molecule has 1 nitrogen and oxygen atoms in total. The van der Waals surface area contributed by atoms with Gasteiger partial charge in [0.15, 0.2) is 0 Å². The molecule has 0 saturated carbocycles. The number of benzene rings is 2. The molecule has 2 aromatic carbocycles. The van der Waals surface area contributed by atoms with Crippen molar-refractivity contribution >= 4 is 10.8 Å². The Labute approximate surface area is 90.7 Å². The Morgan fingerprint density at radius 1 is 1.20 bits per heavy atom. The van der Waals surface area contributed by atoms with Gasteiger partial charge in [-0.1, -0.05) is 31.5 Å². The third-order valence-electron chi connectivity index (χ3n) is 2.42. The Morgan fingerprint density at radius 3 is 3.00 bits per heavy atom. The van der Waals surface area contributed by atoms with Crippen LogP contribution in [0.1, 0.15) is 19.8 Å². The van der Waals surface area contributed by atoms with Crippen molar-refractivity contribution in [3.63, 3.8) is 0 Å². The lowest BCUT2D eigenvalue weighted by molar-refractivity contribution is 0.310. The molecule has 0 aliphatic heterocycles. The number of hydrogen-bond donors (Lipinski definition) is 0. The maximum atomic E-state index is 5.64. The topological polar surface area (TPSA) is 9.23 Å². The second-order valence-electron chi connectivity index (χ2n) is 3.64. The maximum absolute atomic E-state index is 5.64. The second-order valence-corrected chi connectivity index (χ2v) is 3.64. The first-order chi connectivity index (χ1) is 7.40. The van der Waals surface area contributed by atoms with E-state index in [1.165, 1.54) is 17.2 Å². The van der Waals surface area contributed by atoms with E-state index < -0.39 is 0 Å². The fourth-order valence-electron chi connectivity index (χ4n) is 1.53. The van der Waals surface area contributed by atoms with Crippen molar-refractivity contribution in [2.24, 2.45) is 0 Å². The van der Waals surface area contributed by atoms with Gasteiger partial charge in [-0.3, -0.25) is 0 Å². The largest absolute Gasteiger partial charge is 0.494 e.